The molecule has 0 radical (unpaired) electrons. The first kappa shape index (κ1) is 55.4. The minimum absolute atomic E-state index is 0.00506. The SMILES string of the molecule is CCC(CC)COC(=O)CCCCCCCCCCCCCCC(CCCCCCCCCCCCCCC(=O)OCC(CC)CC)OC(=O)CCCN(C)CC. The summed E-state index contributed by atoms with van der Waals surface area (Å²) in [5.74, 6) is 0.983. The van der Waals surface area contributed by atoms with E-state index in [0.717, 1.165) is 96.6 Å². The molecule has 0 aromatic carbocycles. The number of unbranched alkanes of at least 4 members (excludes halogenated alkanes) is 22. The van der Waals surface area contributed by atoms with Gasteiger partial charge in [-0.2, -0.15) is 0 Å². The predicted octanol–water partition coefficient (Wildman–Crippen LogP) is 14.5. The second-order valence-electron chi connectivity index (χ2n) is 17.4. The third-order valence-corrected chi connectivity index (χ3v) is 12.3. The molecule has 0 aromatic rings. The summed E-state index contributed by atoms with van der Waals surface area (Å²) in [6.07, 6.45) is 38.7. The molecule has 0 N–H and O–H groups in total. The molecule has 57 heavy (non-hydrogen) atoms. The summed E-state index contributed by atoms with van der Waals surface area (Å²) in [5, 5.41) is 0. The van der Waals surface area contributed by atoms with Gasteiger partial charge in [-0.05, 0) is 76.9 Å². The smallest absolute Gasteiger partial charge is 0.306 e. The number of esters is 3. The van der Waals surface area contributed by atoms with Crippen LogP contribution in [0.15, 0.2) is 0 Å². The Labute approximate surface area is 354 Å². The van der Waals surface area contributed by atoms with Gasteiger partial charge in [-0.3, -0.25) is 14.4 Å². The van der Waals surface area contributed by atoms with Gasteiger partial charge >= 0.3 is 17.9 Å². The van der Waals surface area contributed by atoms with Crippen molar-refractivity contribution in [1.29, 1.82) is 0 Å². The van der Waals surface area contributed by atoms with Crippen molar-refractivity contribution in [2.45, 2.75) is 259 Å². The molecule has 338 valence electrons. The maximum absolute atomic E-state index is 12.7. The monoisotopic (exact) mass is 808 g/mol. The Hall–Kier alpha value is -1.63. The highest BCUT2D eigenvalue weighted by Crippen LogP contribution is 2.20. The molecule has 0 aromatic heterocycles. The number of ether oxygens (including phenoxy) is 3. The van der Waals surface area contributed by atoms with Gasteiger partial charge in [0.2, 0.25) is 0 Å². The quantitative estimate of drug-likeness (QED) is 0.0344. The van der Waals surface area contributed by atoms with Crippen LogP contribution in [-0.4, -0.2) is 62.3 Å². The van der Waals surface area contributed by atoms with Crippen molar-refractivity contribution in [2.24, 2.45) is 11.8 Å². The van der Waals surface area contributed by atoms with E-state index in [1.165, 1.54) is 116 Å². The molecule has 0 aliphatic rings. The summed E-state index contributed by atoms with van der Waals surface area (Å²) in [6.45, 7) is 13.9. The van der Waals surface area contributed by atoms with E-state index < -0.39 is 0 Å². The average Bonchev–Trinajstić information content (AvgIpc) is 3.21. The lowest BCUT2D eigenvalue weighted by Gasteiger charge is -2.19. The molecule has 7 heteroatoms. The fourth-order valence-electron chi connectivity index (χ4n) is 7.59. The van der Waals surface area contributed by atoms with E-state index in [2.05, 4.69) is 46.6 Å². The molecule has 0 saturated heterocycles. The second kappa shape index (κ2) is 42.5. The fraction of sp³-hybridized carbons (Fsp3) is 0.940. The van der Waals surface area contributed by atoms with Gasteiger partial charge in [0, 0.05) is 19.3 Å². The molecule has 0 rings (SSSR count). The summed E-state index contributed by atoms with van der Waals surface area (Å²) < 4.78 is 16.9. The highest BCUT2D eigenvalue weighted by molar-refractivity contribution is 5.70. The van der Waals surface area contributed by atoms with Crippen molar-refractivity contribution in [3.8, 4) is 0 Å². The van der Waals surface area contributed by atoms with Crippen molar-refractivity contribution in [2.75, 3.05) is 33.4 Å². The minimum atomic E-state index is -0.0164. The van der Waals surface area contributed by atoms with Gasteiger partial charge in [-0.25, -0.2) is 0 Å². The minimum Gasteiger partial charge on any atom is -0.465 e. The number of hydrogen-bond acceptors (Lipinski definition) is 7. The van der Waals surface area contributed by atoms with Crippen molar-refractivity contribution in [3.05, 3.63) is 0 Å². The molecule has 0 fully saturated rings. The third kappa shape index (κ3) is 38.3. The molecule has 0 spiro atoms. The first-order chi connectivity index (χ1) is 27.8. The Morgan fingerprint density at radius 1 is 0.404 bits per heavy atom. The Morgan fingerprint density at radius 2 is 0.702 bits per heavy atom. The van der Waals surface area contributed by atoms with Crippen LogP contribution >= 0.6 is 0 Å². The molecule has 0 aliphatic heterocycles. The van der Waals surface area contributed by atoms with Gasteiger partial charge in [0.15, 0.2) is 0 Å². The number of rotatable bonds is 44. The topological polar surface area (TPSA) is 82.1 Å². The largest absolute Gasteiger partial charge is 0.465 e. The Morgan fingerprint density at radius 3 is 1.02 bits per heavy atom. The molecule has 0 amide bonds. The summed E-state index contributed by atoms with van der Waals surface area (Å²) >= 11 is 0. The van der Waals surface area contributed by atoms with Gasteiger partial charge in [0.25, 0.3) is 0 Å². The highest BCUT2D eigenvalue weighted by Gasteiger charge is 2.15. The zero-order valence-electron chi connectivity index (χ0n) is 39.0. The van der Waals surface area contributed by atoms with E-state index in [1.807, 2.05) is 0 Å². The van der Waals surface area contributed by atoms with Crippen LogP contribution < -0.4 is 0 Å². The van der Waals surface area contributed by atoms with Gasteiger partial charge in [0.05, 0.1) is 13.2 Å². The van der Waals surface area contributed by atoms with E-state index in [1.54, 1.807) is 0 Å². The maximum atomic E-state index is 12.7. The zero-order chi connectivity index (χ0) is 42.0. The molecule has 7 nitrogen and oxygen atoms in total. The van der Waals surface area contributed by atoms with Crippen LogP contribution in [0.3, 0.4) is 0 Å². The maximum Gasteiger partial charge on any atom is 0.306 e. The van der Waals surface area contributed by atoms with E-state index in [4.69, 9.17) is 14.2 Å². The van der Waals surface area contributed by atoms with Crippen LogP contribution in [0, 0.1) is 11.8 Å². The van der Waals surface area contributed by atoms with Crippen LogP contribution in [0.4, 0.5) is 0 Å². The zero-order valence-corrected chi connectivity index (χ0v) is 39.0. The van der Waals surface area contributed by atoms with Crippen molar-refractivity contribution in [1.82, 2.24) is 4.90 Å². The Balaban J connectivity index is 3.98. The number of carbonyl (C=O) groups is 3. The summed E-state index contributed by atoms with van der Waals surface area (Å²) in [6, 6.07) is 0. The number of hydrogen-bond donors (Lipinski definition) is 0. The van der Waals surface area contributed by atoms with Gasteiger partial charge in [-0.1, -0.05) is 189 Å². The molecule has 0 bridgehead atoms. The summed E-state index contributed by atoms with van der Waals surface area (Å²) in [4.78, 5) is 38.8. The van der Waals surface area contributed by atoms with Crippen LogP contribution in [0.5, 0.6) is 0 Å². The summed E-state index contributed by atoms with van der Waals surface area (Å²) in [7, 11) is 2.11. The highest BCUT2D eigenvalue weighted by atomic mass is 16.5. The number of carbonyl (C=O) groups excluding carboxylic acids is 3. The van der Waals surface area contributed by atoms with E-state index in [0.29, 0.717) is 44.3 Å². The van der Waals surface area contributed by atoms with Crippen molar-refractivity contribution < 1.29 is 28.6 Å². The Bertz CT molecular complexity index is 832. The molecule has 0 atom stereocenters. The lowest BCUT2D eigenvalue weighted by Crippen LogP contribution is -2.22. The predicted molar refractivity (Wildman–Crippen MR) is 242 cm³/mol. The van der Waals surface area contributed by atoms with Crippen LogP contribution in [0.1, 0.15) is 253 Å². The van der Waals surface area contributed by atoms with Crippen LogP contribution in [-0.2, 0) is 28.6 Å². The molecular formula is C50H97NO6. The first-order valence-electron chi connectivity index (χ1n) is 25.0. The standard InChI is InChI=1S/C50H97NO6/c1-7-45(8-2)43-55-48(52)39-34-30-26-22-18-14-12-16-20-24-28-32-37-47(57-50(54)41-36-42-51(6)11-5)38-33-29-25-21-17-13-15-19-23-27-31-35-40-49(53)56-44-46(9-3)10-4/h45-47H,7-44H2,1-6H3. The normalized spacial score (nSPS) is 11.7. The molecule has 0 unspecified atom stereocenters. The number of nitrogens with zero attached hydrogens (tertiary/aromatic N) is 1. The van der Waals surface area contributed by atoms with Gasteiger partial charge in [0.1, 0.15) is 6.10 Å². The van der Waals surface area contributed by atoms with Crippen LogP contribution in [0.25, 0.3) is 0 Å². The average molecular weight is 808 g/mol. The van der Waals surface area contributed by atoms with E-state index in [-0.39, 0.29) is 24.0 Å². The van der Waals surface area contributed by atoms with E-state index in [9.17, 15) is 14.4 Å². The van der Waals surface area contributed by atoms with Crippen LogP contribution in [0.2, 0.25) is 0 Å². The lowest BCUT2D eigenvalue weighted by atomic mass is 10.0. The Kier molecular flexibility index (Phi) is 41.3. The van der Waals surface area contributed by atoms with Gasteiger partial charge < -0.3 is 19.1 Å². The lowest BCUT2D eigenvalue weighted by molar-refractivity contribution is -0.150. The molecule has 0 aliphatic carbocycles. The molecule has 0 heterocycles. The summed E-state index contributed by atoms with van der Waals surface area (Å²) in [5.41, 5.74) is 0. The first-order valence-corrected chi connectivity index (χ1v) is 25.0. The fourth-order valence-corrected chi connectivity index (χ4v) is 7.59. The van der Waals surface area contributed by atoms with E-state index >= 15 is 0 Å². The molecular weight excluding hydrogens is 711 g/mol. The molecule has 0 saturated carbocycles. The van der Waals surface area contributed by atoms with Gasteiger partial charge in [-0.15, -0.1) is 0 Å². The second-order valence-corrected chi connectivity index (χ2v) is 17.4. The third-order valence-electron chi connectivity index (χ3n) is 12.3. The van der Waals surface area contributed by atoms with Crippen molar-refractivity contribution >= 4 is 17.9 Å². The van der Waals surface area contributed by atoms with Crippen molar-refractivity contribution in [3.63, 3.8) is 0 Å².